The number of carbonyl (C=O) groups excluding carboxylic acids is 1. The van der Waals surface area contributed by atoms with Crippen molar-refractivity contribution in [2.24, 2.45) is 0 Å². The Balaban J connectivity index is 1.68. The molecule has 2 heterocycles. The zero-order valence-corrected chi connectivity index (χ0v) is 13.3. The van der Waals surface area contributed by atoms with Crippen LogP contribution < -0.4 is 5.32 Å². The van der Waals surface area contributed by atoms with Gasteiger partial charge in [-0.15, -0.1) is 0 Å². The maximum Gasteiger partial charge on any atom is 0.272 e. The maximum absolute atomic E-state index is 13.6. The molecule has 0 saturated carbocycles. The van der Waals surface area contributed by atoms with Crippen LogP contribution in [0.15, 0.2) is 36.5 Å². The zero-order valence-electron chi connectivity index (χ0n) is 13.3. The van der Waals surface area contributed by atoms with Gasteiger partial charge < -0.3 is 15.1 Å². The molecule has 7 heteroatoms. The van der Waals surface area contributed by atoms with E-state index in [1.54, 1.807) is 17.0 Å². The zero-order chi connectivity index (χ0) is 17.1. The Labute approximate surface area is 138 Å². The molecule has 5 nitrogen and oxygen atoms in total. The first-order valence-electron chi connectivity index (χ1n) is 7.69. The highest BCUT2D eigenvalue weighted by molar-refractivity contribution is 5.92. The van der Waals surface area contributed by atoms with Crippen molar-refractivity contribution in [2.45, 2.75) is 0 Å². The van der Waals surface area contributed by atoms with Crippen molar-refractivity contribution in [3.05, 3.63) is 53.9 Å². The molecule has 1 aromatic heterocycles. The number of hydrogen-bond acceptors (Lipinski definition) is 4. The fraction of sp³-hybridized carbons (Fsp3) is 0.294. The number of aromatic nitrogens is 1. The Morgan fingerprint density at radius 3 is 2.50 bits per heavy atom. The average molecular weight is 332 g/mol. The van der Waals surface area contributed by atoms with Crippen molar-refractivity contribution in [3.63, 3.8) is 0 Å². The lowest BCUT2D eigenvalue weighted by molar-refractivity contribution is 0.0658. The molecule has 0 unspecified atom stereocenters. The number of benzene rings is 1. The molecule has 1 aliphatic heterocycles. The minimum Gasteiger partial charge on any atom is -0.352 e. The molecule has 1 aliphatic rings. The first-order valence-corrected chi connectivity index (χ1v) is 7.69. The van der Waals surface area contributed by atoms with Crippen LogP contribution in [0.1, 0.15) is 10.5 Å². The van der Waals surface area contributed by atoms with E-state index >= 15 is 0 Å². The summed E-state index contributed by atoms with van der Waals surface area (Å²) >= 11 is 0. The molecule has 24 heavy (non-hydrogen) atoms. The number of nitrogens with one attached hydrogen (secondary N) is 1. The van der Waals surface area contributed by atoms with E-state index in [9.17, 15) is 13.6 Å². The number of piperazine rings is 1. The summed E-state index contributed by atoms with van der Waals surface area (Å²) in [6.45, 7) is 3.04. The van der Waals surface area contributed by atoms with Crippen LogP contribution in [0.5, 0.6) is 0 Å². The standard InChI is InChI=1S/C17H18F2N4O/c1-22-6-8-23(9-7-22)17(24)16-5-3-13(11-20-16)21-15-4-2-12(18)10-14(15)19/h2-5,10-11,21H,6-9H2,1H3. The Morgan fingerprint density at radius 1 is 1.12 bits per heavy atom. The SMILES string of the molecule is CN1CCN(C(=O)c2ccc(Nc3ccc(F)cc3F)cn2)CC1. The Bertz CT molecular complexity index is 728. The highest BCUT2D eigenvalue weighted by Crippen LogP contribution is 2.20. The number of likely N-dealkylation sites (N-methyl/N-ethyl adjacent to an activating group) is 1. The van der Waals surface area contributed by atoms with Gasteiger partial charge in [0.1, 0.15) is 17.3 Å². The molecule has 3 rings (SSSR count). The molecule has 1 fully saturated rings. The summed E-state index contributed by atoms with van der Waals surface area (Å²) in [5, 5.41) is 2.82. The van der Waals surface area contributed by atoms with Gasteiger partial charge in [-0.05, 0) is 31.3 Å². The molecule has 1 saturated heterocycles. The molecule has 0 aliphatic carbocycles. The van der Waals surface area contributed by atoms with Crippen LogP contribution in [-0.4, -0.2) is 53.9 Å². The summed E-state index contributed by atoms with van der Waals surface area (Å²) in [5.41, 5.74) is 1.02. The number of carbonyl (C=O) groups is 1. The number of amides is 1. The van der Waals surface area contributed by atoms with Crippen LogP contribution >= 0.6 is 0 Å². The third kappa shape index (κ3) is 3.68. The predicted octanol–water partition coefficient (Wildman–Crippen LogP) is 2.49. The van der Waals surface area contributed by atoms with Gasteiger partial charge in [0, 0.05) is 32.2 Å². The normalized spacial score (nSPS) is 15.4. The van der Waals surface area contributed by atoms with E-state index in [0.29, 0.717) is 24.5 Å². The fourth-order valence-corrected chi connectivity index (χ4v) is 2.51. The molecule has 1 amide bonds. The molecule has 0 atom stereocenters. The molecule has 1 aromatic carbocycles. The molecular weight excluding hydrogens is 314 g/mol. The van der Waals surface area contributed by atoms with Gasteiger partial charge in [-0.25, -0.2) is 13.8 Å². The van der Waals surface area contributed by atoms with Crippen molar-refractivity contribution >= 4 is 17.3 Å². The van der Waals surface area contributed by atoms with Crippen LogP contribution in [0.4, 0.5) is 20.2 Å². The van der Waals surface area contributed by atoms with Crippen molar-refractivity contribution in [1.29, 1.82) is 0 Å². The third-order valence-corrected chi connectivity index (χ3v) is 3.98. The second-order valence-corrected chi connectivity index (χ2v) is 5.78. The summed E-state index contributed by atoms with van der Waals surface area (Å²) < 4.78 is 26.5. The first-order chi connectivity index (χ1) is 11.5. The minimum absolute atomic E-state index is 0.109. The number of nitrogens with zero attached hydrogens (tertiary/aromatic N) is 3. The number of anilines is 2. The quantitative estimate of drug-likeness (QED) is 0.938. The summed E-state index contributed by atoms with van der Waals surface area (Å²) in [4.78, 5) is 20.5. The van der Waals surface area contributed by atoms with Gasteiger partial charge in [-0.1, -0.05) is 0 Å². The van der Waals surface area contributed by atoms with Crippen molar-refractivity contribution in [3.8, 4) is 0 Å². The number of pyridine rings is 1. The molecular formula is C17H18F2N4O. The van der Waals surface area contributed by atoms with Crippen molar-refractivity contribution in [2.75, 3.05) is 38.5 Å². The number of rotatable bonds is 3. The third-order valence-electron chi connectivity index (χ3n) is 3.98. The lowest BCUT2D eigenvalue weighted by Crippen LogP contribution is -2.47. The van der Waals surface area contributed by atoms with E-state index in [-0.39, 0.29) is 11.6 Å². The Hall–Kier alpha value is -2.54. The second kappa shape index (κ2) is 6.92. The molecule has 2 aromatic rings. The van der Waals surface area contributed by atoms with Crippen LogP contribution in [0, 0.1) is 11.6 Å². The van der Waals surface area contributed by atoms with E-state index < -0.39 is 11.6 Å². The van der Waals surface area contributed by atoms with E-state index in [1.165, 1.54) is 18.3 Å². The fourth-order valence-electron chi connectivity index (χ4n) is 2.51. The topological polar surface area (TPSA) is 48.5 Å². The minimum atomic E-state index is -0.687. The summed E-state index contributed by atoms with van der Waals surface area (Å²) in [5.74, 6) is -1.43. The van der Waals surface area contributed by atoms with Gasteiger partial charge >= 0.3 is 0 Å². The van der Waals surface area contributed by atoms with E-state index in [4.69, 9.17) is 0 Å². The maximum atomic E-state index is 13.6. The highest BCUT2D eigenvalue weighted by atomic mass is 19.1. The Kier molecular flexibility index (Phi) is 4.71. The lowest BCUT2D eigenvalue weighted by Gasteiger charge is -2.32. The first kappa shape index (κ1) is 16.3. The van der Waals surface area contributed by atoms with Crippen molar-refractivity contribution < 1.29 is 13.6 Å². The van der Waals surface area contributed by atoms with Gasteiger partial charge in [-0.2, -0.15) is 0 Å². The van der Waals surface area contributed by atoms with E-state index in [0.717, 1.165) is 19.2 Å². The monoisotopic (exact) mass is 332 g/mol. The predicted molar refractivity (Wildman–Crippen MR) is 87.3 cm³/mol. The summed E-state index contributed by atoms with van der Waals surface area (Å²) in [7, 11) is 2.02. The van der Waals surface area contributed by atoms with E-state index in [1.807, 2.05) is 7.05 Å². The van der Waals surface area contributed by atoms with Crippen LogP contribution in [0.2, 0.25) is 0 Å². The van der Waals surface area contributed by atoms with Crippen LogP contribution in [0.3, 0.4) is 0 Å². The van der Waals surface area contributed by atoms with Gasteiger partial charge in [-0.3, -0.25) is 4.79 Å². The molecule has 0 bridgehead atoms. The molecule has 1 N–H and O–H groups in total. The van der Waals surface area contributed by atoms with Gasteiger partial charge in [0.05, 0.1) is 17.6 Å². The highest BCUT2D eigenvalue weighted by Gasteiger charge is 2.21. The van der Waals surface area contributed by atoms with Crippen LogP contribution in [0.25, 0.3) is 0 Å². The lowest BCUT2D eigenvalue weighted by atomic mass is 10.2. The van der Waals surface area contributed by atoms with Gasteiger partial charge in [0.15, 0.2) is 0 Å². The average Bonchev–Trinajstić information content (AvgIpc) is 2.58. The second-order valence-electron chi connectivity index (χ2n) is 5.78. The summed E-state index contributed by atoms with van der Waals surface area (Å²) in [6.07, 6.45) is 1.46. The number of halogens is 2. The van der Waals surface area contributed by atoms with E-state index in [2.05, 4.69) is 15.2 Å². The summed E-state index contributed by atoms with van der Waals surface area (Å²) in [6, 6.07) is 6.54. The smallest absolute Gasteiger partial charge is 0.272 e. The Morgan fingerprint density at radius 2 is 1.88 bits per heavy atom. The molecule has 0 radical (unpaired) electrons. The van der Waals surface area contributed by atoms with Crippen LogP contribution in [-0.2, 0) is 0 Å². The van der Waals surface area contributed by atoms with Gasteiger partial charge in [0.25, 0.3) is 5.91 Å². The molecule has 126 valence electrons. The van der Waals surface area contributed by atoms with Crippen molar-refractivity contribution in [1.82, 2.24) is 14.8 Å². The number of hydrogen-bond donors (Lipinski definition) is 1. The largest absolute Gasteiger partial charge is 0.352 e. The molecule has 0 spiro atoms. The van der Waals surface area contributed by atoms with Gasteiger partial charge in [0.2, 0.25) is 0 Å².